The molecule has 2 aliphatic rings. The minimum atomic E-state index is 0.0638. The molecule has 2 nitrogen and oxygen atoms in total. The smallest absolute Gasteiger partial charge is 0.187 e. The highest BCUT2D eigenvalue weighted by molar-refractivity contribution is 6.29. The number of hydrogen-bond donors (Lipinski definition) is 0. The fraction of sp³-hybridized carbons (Fsp3) is 0. The van der Waals surface area contributed by atoms with Crippen molar-refractivity contribution in [3.8, 4) is 0 Å². The van der Waals surface area contributed by atoms with Crippen LogP contribution in [0.3, 0.4) is 0 Å². The molecule has 0 unspecified atom stereocenters. The highest BCUT2D eigenvalue weighted by atomic mass is 16.3. The van der Waals surface area contributed by atoms with Crippen LogP contribution >= 0.6 is 0 Å². The molecule has 0 fully saturated rings. The van der Waals surface area contributed by atoms with E-state index in [-0.39, 0.29) is 5.78 Å². The lowest BCUT2D eigenvalue weighted by Crippen LogP contribution is -2.20. The SMILES string of the molecule is O=C1C=CC=C2C=c3occc3=C12. The molecule has 1 heterocycles. The lowest BCUT2D eigenvalue weighted by atomic mass is 9.99. The van der Waals surface area contributed by atoms with Gasteiger partial charge in [0.2, 0.25) is 0 Å². The first-order valence-corrected chi connectivity index (χ1v) is 4.09. The van der Waals surface area contributed by atoms with Gasteiger partial charge in [-0.25, -0.2) is 0 Å². The van der Waals surface area contributed by atoms with Gasteiger partial charge in [0, 0.05) is 10.8 Å². The molecule has 0 saturated carbocycles. The highest BCUT2D eigenvalue weighted by Crippen LogP contribution is 2.19. The molecular weight excluding hydrogens is 164 g/mol. The van der Waals surface area contributed by atoms with Crippen molar-refractivity contribution in [2.24, 2.45) is 0 Å². The average Bonchev–Trinajstić information content (AvgIpc) is 2.62. The van der Waals surface area contributed by atoms with E-state index in [9.17, 15) is 4.79 Å². The third-order valence-corrected chi connectivity index (χ3v) is 2.31. The number of carbonyl (C=O) groups is 1. The molecule has 0 atom stereocenters. The normalized spacial score (nSPS) is 18.0. The Labute approximate surface area is 74.2 Å². The van der Waals surface area contributed by atoms with Gasteiger partial charge in [-0.1, -0.05) is 12.2 Å². The van der Waals surface area contributed by atoms with E-state index in [1.165, 1.54) is 0 Å². The van der Waals surface area contributed by atoms with Gasteiger partial charge in [0.05, 0.1) is 6.26 Å². The zero-order valence-corrected chi connectivity index (χ0v) is 6.78. The zero-order chi connectivity index (χ0) is 8.84. The summed E-state index contributed by atoms with van der Waals surface area (Å²) >= 11 is 0. The number of ketones is 1. The van der Waals surface area contributed by atoms with E-state index in [4.69, 9.17) is 4.42 Å². The second-order valence-electron chi connectivity index (χ2n) is 3.06. The van der Waals surface area contributed by atoms with Crippen LogP contribution in [0.25, 0.3) is 11.6 Å². The second kappa shape index (κ2) is 2.10. The van der Waals surface area contributed by atoms with Crippen molar-refractivity contribution in [3.63, 3.8) is 0 Å². The van der Waals surface area contributed by atoms with E-state index in [0.717, 1.165) is 21.8 Å². The lowest BCUT2D eigenvalue weighted by Gasteiger charge is -2.03. The van der Waals surface area contributed by atoms with E-state index >= 15 is 0 Å². The van der Waals surface area contributed by atoms with Gasteiger partial charge in [0.1, 0.15) is 5.42 Å². The van der Waals surface area contributed by atoms with Gasteiger partial charge in [0.15, 0.2) is 5.78 Å². The first kappa shape index (κ1) is 6.66. The molecule has 0 bridgehead atoms. The number of fused-ring (bicyclic) bond motifs is 2. The topological polar surface area (TPSA) is 30.2 Å². The molecule has 3 rings (SSSR count). The van der Waals surface area contributed by atoms with Crippen molar-refractivity contribution in [2.45, 2.75) is 0 Å². The quantitative estimate of drug-likeness (QED) is 0.560. The first-order chi connectivity index (χ1) is 6.36. The molecule has 0 aromatic carbocycles. The van der Waals surface area contributed by atoms with Gasteiger partial charge in [-0.2, -0.15) is 0 Å². The van der Waals surface area contributed by atoms with E-state index in [1.807, 2.05) is 18.2 Å². The molecule has 0 N–H and O–H groups in total. The van der Waals surface area contributed by atoms with Crippen molar-refractivity contribution in [3.05, 3.63) is 46.8 Å². The second-order valence-corrected chi connectivity index (χ2v) is 3.06. The number of furan rings is 1. The average molecular weight is 170 g/mol. The van der Waals surface area contributed by atoms with Crippen LogP contribution in [0.1, 0.15) is 0 Å². The van der Waals surface area contributed by atoms with Gasteiger partial charge < -0.3 is 4.42 Å². The minimum absolute atomic E-state index is 0.0638. The Kier molecular flexibility index (Phi) is 1.08. The largest absolute Gasteiger partial charge is 0.464 e. The maximum atomic E-state index is 11.5. The molecule has 13 heavy (non-hydrogen) atoms. The molecule has 0 aliphatic heterocycles. The van der Waals surface area contributed by atoms with Crippen LogP contribution in [0, 0.1) is 0 Å². The summed E-state index contributed by atoms with van der Waals surface area (Å²) in [5, 5.41) is 0.917. The molecule has 0 saturated heterocycles. The summed E-state index contributed by atoms with van der Waals surface area (Å²) in [5.41, 5.74) is 2.52. The Hall–Kier alpha value is -1.83. The number of allylic oxidation sites excluding steroid dienone is 4. The van der Waals surface area contributed by atoms with Gasteiger partial charge in [-0.15, -0.1) is 0 Å². The Morgan fingerprint density at radius 3 is 3.15 bits per heavy atom. The van der Waals surface area contributed by atoms with E-state index in [0.29, 0.717) is 0 Å². The molecule has 2 aliphatic carbocycles. The standard InChI is InChI=1S/C11H6O2/c12-9-3-1-2-7-6-10-8(11(7)9)4-5-13-10/h1-6H. The van der Waals surface area contributed by atoms with E-state index in [1.54, 1.807) is 18.4 Å². The van der Waals surface area contributed by atoms with Crippen LogP contribution in [0.2, 0.25) is 0 Å². The Morgan fingerprint density at radius 1 is 1.31 bits per heavy atom. The van der Waals surface area contributed by atoms with Gasteiger partial charge in [0.25, 0.3) is 0 Å². The molecule has 0 spiro atoms. The number of carbonyl (C=O) groups excluding carboxylic acids is 1. The third kappa shape index (κ3) is 0.746. The summed E-state index contributed by atoms with van der Waals surface area (Å²) in [5.74, 6) is 0.0638. The van der Waals surface area contributed by atoms with Gasteiger partial charge in [-0.05, 0) is 23.8 Å². The number of hydrogen-bond acceptors (Lipinski definition) is 2. The fourth-order valence-corrected chi connectivity index (χ4v) is 1.74. The number of rotatable bonds is 0. The van der Waals surface area contributed by atoms with Crippen LogP contribution < -0.4 is 10.6 Å². The highest BCUT2D eigenvalue weighted by Gasteiger charge is 2.19. The fourth-order valence-electron chi connectivity index (χ4n) is 1.74. The Morgan fingerprint density at radius 2 is 2.23 bits per heavy atom. The van der Waals surface area contributed by atoms with E-state index in [2.05, 4.69) is 0 Å². The molecular formula is C11H6O2. The third-order valence-electron chi connectivity index (χ3n) is 2.31. The van der Waals surface area contributed by atoms with Gasteiger partial charge in [-0.3, -0.25) is 4.79 Å². The Balaban J connectivity index is 2.51. The molecule has 2 heteroatoms. The minimum Gasteiger partial charge on any atom is -0.464 e. The van der Waals surface area contributed by atoms with Crippen LogP contribution in [0.5, 0.6) is 0 Å². The van der Waals surface area contributed by atoms with Crippen molar-refractivity contribution < 1.29 is 9.21 Å². The monoisotopic (exact) mass is 170 g/mol. The van der Waals surface area contributed by atoms with Crippen molar-refractivity contribution in [2.75, 3.05) is 0 Å². The van der Waals surface area contributed by atoms with Crippen molar-refractivity contribution >= 4 is 17.4 Å². The van der Waals surface area contributed by atoms with Crippen molar-refractivity contribution in [1.82, 2.24) is 0 Å². The summed E-state index contributed by atoms with van der Waals surface area (Å²) < 4.78 is 5.22. The zero-order valence-electron chi connectivity index (χ0n) is 6.78. The molecule has 0 radical (unpaired) electrons. The van der Waals surface area contributed by atoms with Crippen LogP contribution in [-0.2, 0) is 4.79 Å². The molecule has 1 aromatic heterocycles. The maximum absolute atomic E-state index is 11.5. The first-order valence-electron chi connectivity index (χ1n) is 4.09. The summed E-state index contributed by atoms with van der Waals surface area (Å²) in [6.45, 7) is 0. The summed E-state index contributed by atoms with van der Waals surface area (Å²) in [6, 6.07) is 1.83. The Bertz CT molecular complexity index is 567. The predicted molar refractivity (Wildman–Crippen MR) is 48.1 cm³/mol. The summed E-state index contributed by atoms with van der Waals surface area (Å²) in [6.07, 6.45) is 8.77. The molecule has 0 amide bonds. The molecule has 62 valence electrons. The van der Waals surface area contributed by atoms with E-state index < -0.39 is 0 Å². The summed E-state index contributed by atoms with van der Waals surface area (Å²) in [7, 11) is 0. The van der Waals surface area contributed by atoms with Crippen LogP contribution in [0.4, 0.5) is 0 Å². The van der Waals surface area contributed by atoms with Crippen LogP contribution in [0.15, 0.2) is 40.5 Å². The van der Waals surface area contributed by atoms with Crippen LogP contribution in [-0.4, -0.2) is 5.78 Å². The lowest BCUT2D eigenvalue weighted by molar-refractivity contribution is -0.109. The summed E-state index contributed by atoms with van der Waals surface area (Å²) in [4.78, 5) is 11.5. The molecule has 1 aromatic rings. The van der Waals surface area contributed by atoms with Gasteiger partial charge >= 0.3 is 0 Å². The maximum Gasteiger partial charge on any atom is 0.187 e. The van der Waals surface area contributed by atoms with Crippen molar-refractivity contribution in [1.29, 1.82) is 0 Å². The predicted octanol–water partition coefficient (Wildman–Crippen LogP) is 0.290.